The fraction of sp³-hybridized carbons (Fsp3) is 0.667. The molecule has 0 saturated carbocycles. The minimum absolute atomic E-state index is 1.05. The number of rotatable bonds is 3. The quantitative estimate of drug-likeness (QED) is 0.535. The smallest absolute Gasteiger partial charge is 0.0216 e. The van der Waals surface area contributed by atoms with Crippen molar-refractivity contribution >= 4 is 0 Å². The Morgan fingerprint density at radius 2 is 2.25 bits per heavy atom. The summed E-state index contributed by atoms with van der Waals surface area (Å²) < 4.78 is 0. The van der Waals surface area contributed by atoms with Crippen LogP contribution in [0.1, 0.15) is 20.3 Å². The van der Waals surface area contributed by atoms with Gasteiger partial charge in [0.2, 0.25) is 0 Å². The second kappa shape index (κ2) is 4.65. The summed E-state index contributed by atoms with van der Waals surface area (Å²) in [5.74, 6) is 0. The molecular weight excluding hydrogens is 100 g/mol. The summed E-state index contributed by atoms with van der Waals surface area (Å²) >= 11 is 0. The third-order valence-corrected chi connectivity index (χ3v) is 1.01. The Balaban J connectivity index is 3.38. The first kappa shape index (κ1) is 7.50. The molecule has 0 heterocycles. The summed E-state index contributed by atoms with van der Waals surface area (Å²) in [7, 11) is 1.86. The van der Waals surface area contributed by atoms with E-state index in [0.29, 0.717) is 0 Å². The molecule has 2 nitrogen and oxygen atoms in total. The second-order valence-corrected chi connectivity index (χ2v) is 1.54. The standard InChI is InChI=1S/C6H14N2/c1-4-6(5-2)8-7-3/h4,7-8H,5H2,1-3H3/b6-4-. The van der Waals surface area contributed by atoms with E-state index in [1.807, 2.05) is 14.0 Å². The highest BCUT2D eigenvalue weighted by molar-refractivity contribution is 4.94. The monoisotopic (exact) mass is 114 g/mol. The average molecular weight is 114 g/mol. The van der Waals surface area contributed by atoms with E-state index in [1.165, 1.54) is 5.70 Å². The van der Waals surface area contributed by atoms with E-state index in [-0.39, 0.29) is 0 Å². The van der Waals surface area contributed by atoms with Crippen LogP contribution in [0, 0.1) is 0 Å². The molecule has 2 heteroatoms. The van der Waals surface area contributed by atoms with Gasteiger partial charge in [-0.1, -0.05) is 13.0 Å². The Morgan fingerprint density at radius 1 is 1.62 bits per heavy atom. The third kappa shape index (κ3) is 2.64. The summed E-state index contributed by atoms with van der Waals surface area (Å²) in [5.41, 5.74) is 7.07. The second-order valence-electron chi connectivity index (χ2n) is 1.54. The lowest BCUT2D eigenvalue weighted by Crippen LogP contribution is -2.26. The molecule has 8 heavy (non-hydrogen) atoms. The molecule has 0 saturated heterocycles. The van der Waals surface area contributed by atoms with Crippen LogP contribution in [0.15, 0.2) is 11.8 Å². The SMILES string of the molecule is C/C=C(/CC)NNC. The highest BCUT2D eigenvalue weighted by atomic mass is 15.3. The normalized spacial score (nSPS) is 11.6. The summed E-state index contributed by atoms with van der Waals surface area (Å²) in [6.45, 7) is 4.13. The van der Waals surface area contributed by atoms with Crippen molar-refractivity contribution < 1.29 is 0 Å². The van der Waals surface area contributed by atoms with Crippen LogP contribution in [-0.2, 0) is 0 Å². The van der Waals surface area contributed by atoms with Gasteiger partial charge in [0.25, 0.3) is 0 Å². The molecule has 0 aromatic rings. The van der Waals surface area contributed by atoms with E-state index in [0.717, 1.165) is 6.42 Å². The molecule has 48 valence electrons. The molecule has 0 atom stereocenters. The minimum Gasteiger partial charge on any atom is -0.326 e. The molecule has 0 aromatic carbocycles. The zero-order valence-electron chi connectivity index (χ0n) is 5.78. The van der Waals surface area contributed by atoms with E-state index in [2.05, 4.69) is 23.9 Å². The fourth-order valence-corrected chi connectivity index (χ4v) is 0.525. The van der Waals surface area contributed by atoms with Gasteiger partial charge in [-0.3, -0.25) is 0 Å². The maximum Gasteiger partial charge on any atom is 0.0216 e. The molecule has 0 bridgehead atoms. The van der Waals surface area contributed by atoms with Crippen LogP contribution < -0.4 is 10.9 Å². The number of hydrazine groups is 1. The van der Waals surface area contributed by atoms with Gasteiger partial charge in [0.1, 0.15) is 0 Å². The van der Waals surface area contributed by atoms with Gasteiger partial charge in [-0.2, -0.15) is 0 Å². The summed E-state index contributed by atoms with van der Waals surface area (Å²) in [5, 5.41) is 0. The van der Waals surface area contributed by atoms with E-state index in [4.69, 9.17) is 0 Å². The van der Waals surface area contributed by atoms with Crippen LogP contribution in [0.4, 0.5) is 0 Å². The van der Waals surface area contributed by atoms with Crippen molar-refractivity contribution in [1.82, 2.24) is 10.9 Å². The van der Waals surface area contributed by atoms with Crippen LogP contribution in [0.5, 0.6) is 0 Å². The predicted molar refractivity (Wildman–Crippen MR) is 36.2 cm³/mol. The van der Waals surface area contributed by atoms with E-state index in [1.54, 1.807) is 0 Å². The zero-order valence-corrected chi connectivity index (χ0v) is 5.78. The fourth-order valence-electron chi connectivity index (χ4n) is 0.525. The largest absolute Gasteiger partial charge is 0.326 e. The third-order valence-electron chi connectivity index (χ3n) is 1.01. The summed E-state index contributed by atoms with van der Waals surface area (Å²) in [6.07, 6.45) is 3.11. The Bertz CT molecular complexity index is 76.6. The van der Waals surface area contributed by atoms with Crippen molar-refractivity contribution in [2.45, 2.75) is 20.3 Å². The van der Waals surface area contributed by atoms with Gasteiger partial charge in [-0.15, -0.1) is 0 Å². The van der Waals surface area contributed by atoms with Crippen LogP contribution in [-0.4, -0.2) is 7.05 Å². The maximum atomic E-state index is 2.99. The average Bonchev–Trinajstić information content (AvgIpc) is 1.83. The molecule has 0 aromatic heterocycles. The van der Waals surface area contributed by atoms with Crippen molar-refractivity contribution in [3.05, 3.63) is 11.8 Å². The van der Waals surface area contributed by atoms with Gasteiger partial charge in [0.15, 0.2) is 0 Å². The lowest BCUT2D eigenvalue weighted by Gasteiger charge is -2.04. The molecule has 0 spiro atoms. The van der Waals surface area contributed by atoms with E-state index >= 15 is 0 Å². The molecule has 0 aliphatic rings. The van der Waals surface area contributed by atoms with Crippen LogP contribution in [0.2, 0.25) is 0 Å². The Morgan fingerprint density at radius 3 is 2.38 bits per heavy atom. The van der Waals surface area contributed by atoms with Crippen molar-refractivity contribution in [3.63, 3.8) is 0 Å². The lowest BCUT2D eigenvalue weighted by atomic mass is 10.3. The number of allylic oxidation sites excluding steroid dienone is 2. The van der Waals surface area contributed by atoms with Gasteiger partial charge in [0, 0.05) is 12.7 Å². The first-order chi connectivity index (χ1) is 3.85. The van der Waals surface area contributed by atoms with Crippen LogP contribution >= 0.6 is 0 Å². The van der Waals surface area contributed by atoms with Crippen molar-refractivity contribution in [2.75, 3.05) is 7.05 Å². The molecule has 0 amide bonds. The summed E-state index contributed by atoms with van der Waals surface area (Å²) in [6, 6.07) is 0. The zero-order chi connectivity index (χ0) is 6.41. The molecule has 0 radical (unpaired) electrons. The minimum atomic E-state index is 1.05. The van der Waals surface area contributed by atoms with E-state index < -0.39 is 0 Å². The number of nitrogens with one attached hydrogen (secondary N) is 2. The lowest BCUT2D eigenvalue weighted by molar-refractivity contribution is 0.665. The predicted octanol–water partition coefficient (Wildman–Crippen LogP) is 1.02. The van der Waals surface area contributed by atoms with Crippen molar-refractivity contribution in [2.24, 2.45) is 0 Å². The number of hydrogen-bond donors (Lipinski definition) is 2. The molecule has 0 rings (SSSR count). The molecule has 2 N–H and O–H groups in total. The molecule has 0 aliphatic heterocycles. The van der Waals surface area contributed by atoms with Gasteiger partial charge in [0.05, 0.1) is 0 Å². The van der Waals surface area contributed by atoms with Crippen molar-refractivity contribution in [1.29, 1.82) is 0 Å². The Labute approximate surface area is 50.9 Å². The first-order valence-electron chi connectivity index (χ1n) is 2.93. The highest BCUT2D eigenvalue weighted by Gasteiger charge is 1.83. The van der Waals surface area contributed by atoms with Gasteiger partial charge in [-0.05, 0) is 13.3 Å². The topological polar surface area (TPSA) is 24.1 Å². The Kier molecular flexibility index (Phi) is 4.36. The van der Waals surface area contributed by atoms with E-state index in [9.17, 15) is 0 Å². The molecular formula is C6H14N2. The maximum absolute atomic E-state index is 2.99. The highest BCUT2D eigenvalue weighted by Crippen LogP contribution is 1.90. The summed E-state index contributed by atoms with van der Waals surface area (Å²) in [4.78, 5) is 0. The van der Waals surface area contributed by atoms with Gasteiger partial charge < -0.3 is 5.43 Å². The van der Waals surface area contributed by atoms with Gasteiger partial charge in [-0.25, -0.2) is 5.43 Å². The van der Waals surface area contributed by atoms with Crippen LogP contribution in [0.3, 0.4) is 0 Å². The van der Waals surface area contributed by atoms with Gasteiger partial charge >= 0.3 is 0 Å². The Hall–Kier alpha value is -0.500. The molecule has 0 aliphatic carbocycles. The number of hydrogen-bond acceptors (Lipinski definition) is 2. The first-order valence-corrected chi connectivity index (χ1v) is 2.93. The van der Waals surface area contributed by atoms with Crippen LogP contribution in [0.25, 0.3) is 0 Å². The van der Waals surface area contributed by atoms with Crippen molar-refractivity contribution in [3.8, 4) is 0 Å². The molecule has 0 fully saturated rings. The molecule has 0 unspecified atom stereocenters.